The summed E-state index contributed by atoms with van der Waals surface area (Å²) in [5, 5.41) is 6.07. The number of hydrogen-bond donors (Lipinski definition) is 1. The van der Waals surface area contributed by atoms with Gasteiger partial charge in [0.1, 0.15) is 11.6 Å². The van der Waals surface area contributed by atoms with Gasteiger partial charge in [0.15, 0.2) is 5.78 Å². The van der Waals surface area contributed by atoms with Gasteiger partial charge in [-0.15, -0.1) is 0 Å². The highest BCUT2D eigenvalue weighted by Crippen LogP contribution is 2.31. The van der Waals surface area contributed by atoms with E-state index in [1.165, 1.54) is 16.3 Å². The van der Waals surface area contributed by atoms with Gasteiger partial charge in [-0.2, -0.15) is 0 Å². The maximum atomic E-state index is 11.9. The molecule has 1 N–H and O–H groups in total. The number of nitrogens with zero attached hydrogens (tertiary/aromatic N) is 2. The maximum Gasteiger partial charge on any atom is 0.201 e. The molecule has 1 aliphatic carbocycles. The third-order valence-corrected chi connectivity index (χ3v) is 7.77. The van der Waals surface area contributed by atoms with Crippen LogP contribution in [0, 0.1) is 5.92 Å². The van der Waals surface area contributed by atoms with Crippen LogP contribution in [0.3, 0.4) is 0 Å². The molecule has 1 aliphatic heterocycles. The Hall–Kier alpha value is -3.03. The Balaban J connectivity index is 1.11. The second-order valence-electron chi connectivity index (χ2n) is 9.33. The Morgan fingerprint density at radius 2 is 1.86 bits per heavy atom. The van der Waals surface area contributed by atoms with Crippen LogP contribution in [-0.2, 0) is 22.6 Å². The Bertz CT molecular complexity index is 1280. The largest absolute Gasteiger partial charge is 0.497 e. The number of ketones is 1. The third kappa shape index (κ3) is 5.97. The molecule has 2 aliphatic rings. The van der Waals surface area contributed by atoms with Gasteiger partial charge >= 0.3 is 0 Å². The fourth-order valence-electron chi connectivity index (χ4n) is 4.87. The van der Waals surface area contributed by atoms with E-state index < -0.39 is 0 Å². The molecule has 6 nitrogen and oxygen atoms in total. The van der Waals surface area contributed by atoms with Gasteiger partial charge in [-0.05, 0) is 90.0 Å². The van der Waals surface area contributed by atoms with Crippen molar-refractivity contribution in [1.82, 2.24) is 15.3 Å². The van der Waals surface area contributed by atoms with Crippen LogP contribution in [0.15, 0.2) is 53.6 Å². The highest BCUT2D eigenvalue weighted by molar-refractivity contribution is 8.18. The molecule has 3 aromatic rings. The van der Waals surface area contributed by atoms with Crippen LogP contribution < -0.4 is 10.1 Å². The molecule has 1 aromatic heterocycles. The van der Waals surface area contributed by atoms with Crippen molar-refractivity contribution in [2.75, 3.05) is 7.11 Å². The van der Waals surface area contributed by atoms with Crippen molar-refractivity contribution in [3.63, 3.8) is 0 Å². The predicted octanol–water partition coefficient (Wildman–Crippen LogP) is 5.10. The minimum Gasteiger partial charge on any atom is -0.497 e. The number of Topliss-reactive ketones (excluding diaryl/α,β-unsaturated/α-hetero) is 1. The van der Waals surface area contributed by atoms with Gasteiger partial charge in [0.2, 0.25) is 5.12 Å². The van der Waals surface area contributed by atoms with Crippen molar-refractivity contribution in [2.45, 2.75) is 51.1 Å². The summed E-state index contributed by atoms with van der Waals surface area (Å²) in [7, 11) is 1.69. The van der Waals surface area contributed by atoms with Crippen LogP contribution >= 0.6 is 11.8 Å². The monoisotopic (exact) mass is 487 g/mol. The molecule has 0 amide bonds. The summed E-state index contributed by atoms with van der Waals surface area (Å²) in [4.78, 5) is 32.9. The van der Waals surface area contributed by atoms with E-state index in [-0.39, 0.29) is 17.3 Å². The van der Waals surface area contributed by atoms with Gasteiger partial charge in [0.05, 0.1) is 24.1 Å². The first kappa shape index (κ1) is 23.7. The van der Waals surface area contributed by atoms with Crippen LogP contribution in [0.25, 0.3) is 16.8 Å². The first-order valence-corrected chi connectivity index (χ1v) is 12.9. The van der Waals surface area contributed by atoms with E-state index in [0.717, 1.165) is 62.0 Å². The summed E-state index contributed by atoms with van der Waals surface area (Å²) >= 11 is 1.02. The van der Waals surface area contributed by atoms with Crippen molar-refractivity contribution < 1.29 is 14.3 Å². The summed E-state index contributed by atoms with van der Waals surface area (Å²) in [6.07, 6.45) is 8.87. The van der Waals surface area contributed by atoms with E-state index in [9.17, 15) is 9.59 Å². The molecule has 2 aromatic carbocycles. The molecule has 0 unspecified atom stereocenters. The minimum absolute atomic E-state index is 0.0121. The second kappa shape index (κ2) is 10.7. The number of aromatic nitrogens is 2. The summed E-state index contributed by atoms with van der Waals surface area (Å²) in [6, 6.07) is 15.1. The van der Waals surface area contributed by atoms with Crippen molar-refractivity contribution in [1.29, 1.82) is 0 Å². The second-order valence-corrected chi connectivity index (χ2v) is 10.4. The Morgan fingerprint density at radius 3 is 2.63 bits per heavy atom. The molecule has 35 heavy (non-hydrogen) atoms. The van der Waals surface area contributed by atoms with Gasteiger partial charge in [-0.25, -0.2) is 9.97 Å². The quantitative estimate of drug-likeness (QED) is 0.367. The van der Waals surface area contributed by atoms with Gasteiger partial charge in [-0.1, -0.05) is 18.2 Å². The number of methoxy groups -OCH3 is 1. The number of carbonyl (C=O) groups is 2. The maximum absolute atomic E-state index is 11.9. The van der Waals surface area contributed by atoms with E-state index in [0.29, 0.717) is 22.6 Å². The first-order valence-electron chi connectivity index (χ1n) is 12.1. The normalized spacial score (nSPS) is 21.7. The van der Waals surface area contributed by atoms with Gasteiger partial charge < -0.3 is 10.1 Å². The van der Waals surface area contributed by atoms with Crippen LogP contribution in [0.1, 0.15) is 49.2 Å². The predicted molar refractivity (Wildman–Crippen MR) is 139 cm³/mol. The molecule has 5 rings (SSSR count). The molecule has 2 heterocycles. The molecule has 0 bridgehead atoms. The lowest BCUT2D eigenvalue weighted by molar-refractivity contribution is -0.119. The Morgan fingerprint density at radius 1 is 1.06 bits per heavy atom. The van der Waals surface area contributed by atoms with Crippen LogP contribution in [-0.4, -0.2) is 34.0 Å². The lowest BCUT2D eigenvalue weighted by atomic mass is 9.84. The van der Waals surface area contributed by atoms with E-state index in [1.54, 1.807) is 25.4 Å². The SMILES string of the molecule is COc1ccc2cc(CNC3CCC(Cc4nccc(/C=C5\SC(=O)CC5=O)n4)CC3)ccc2c1. The number of fused-ring (bicyclic) bond motifs is 1. The fourth-order valence-corrected chi connectivity index (χ4v) is 5.69. The molecular weight excluding hydrogens is 458 g/mol. The van der Waals surface area contributed by atoms with Gasteiger partial charge in [-0.3, -0.25) is 9.59 Å². The lowest BCUT2D eigenvalue weighted by Crippen LogP contribution is -2.33. The van der Waals surface area contributed by atoms with Gasteiger partial charge in [0, 0.05) is 25.2 Å². The Kier molecular flexibility index (Phi) is 7.25. The Labute approximate surface area is 209 Å². The molecule has 0 atom stereocenters. The topological polar surface area (TPSA) is 81.2 Å². The van der Waals surface area contributed by atoms with E-state index in [4.69, 9.17) is 4.74 Å². The summed E-state index contributed by atoms with van der Waals surface area (Å²) in [5.41, 5.74) is 1.99. The van der Waals surface area contributed by atoms with E-state index in [1.807, 2.05) is 6.07 Å². The number of allylic oxidation sites excluding steroid dienone is 1. The molecule has 1 saturated heterocycles. The van der Waals surface area contributed by atoms with Gasteiger partial charge in [0.25, 0.3) is 0 Å². The number of nitrogens with one attached hydrogen (secondary N) is 1. The standard InChI is InChI=1S/C28H29N3O3S/c1-34-24-9-6-20-12-19(2-5-21(20)14-24)17-30-22-7-3-18(4-8-22)13-27-29-11-10-23(31-27)15-26-25(32)16-28(33)35-26/h2,5-6,9-12,14-15,18,22,30H,3-4,7-8,13,16-17H2,1H3/b26-15-. The highest BCUT2D eigenvalue weighted by atomic mass is 32.2. The number of carbonyl (C=O) groups excluding carboxylic acids is 2. The average molecular weight is 488 g/mol. The summed E-state index contributed by atoms with van der Waals surface area (Å²) in [6.45, 7) is 0.871. The number of rotatable bonds is 7. The molecule has 7 heteroatoms. The zero-order chi connectivity index (χ0) is 24.2. The van der Waals surface area contributed by atoms with Crippen LogP contribution in [0.5, 0.6) is 5.75 Å². The summed E-state index contributed by atoms with van der Waals surface area (Å²) in [5.74, 6) is 2.14. The van der Waals surface area contributed by atoms with Crippen molar-refractivity contribution in [3.8, 4) is 5.75 Å². The first-order chi connectivity index (χ1) is 17.1. The van der Waals surface area contributed by atoms with Crippen molar-refractivity contribution >= 4 is 39.5 Å². The molecule has 0 radical (unpaired) electrons. The molecule has 0 spiro atoms. The number of ether oxygens (including phenoxy) is 1. The molecule has 180 valence electrons. The van der Waals surface area contributed by atoms with Crippen LogP contribution in [0.4, 0.5) is 0 Å². The van der Waals surface area contributed by atoms with E-state index in [2.05, 4.69) is 45.6 Å². The highest BCUT2D eigenvalue weighted by Gasteiger charge is 2.26. The van der Waals surface area contributed by atoms with Crippen molar-refractivity contribution in [2.24, 2.45) is 5.92 Å². The zero-order valence-electron chi connectivity index (χ0n) is 19.8. The number of thioether (sulfide) groups is 1. The molecule has 1 saturated carbocycles. The number of hydrogen-bond acceptors (Lipinski definition) is 7. The smallest absolute Gasteiger partial charge is 0.201 e. The molecule has 2 fully saturated rings. The zero-order valence-corrected chi connectivity index (χ0v) is 20.6. The van der Waals surface area contributed by atoms with Crippen LogP contribution in [0.2, 0.25) is 0 Å². The average Bonchev–Trinajstić information content (AvgIpc) is 3.19. The van der Waals surface area contributed by atoms with E-state index >= 15 is 0 Å². The lowest BCUT2D eigenvalue weighted by Gasteiger charge is -2.29. The third-order valence-electron chi connectivity index (χ3n) is 6.83. The summed E-state index contributed by atoms with van der Waals surface area (Å²) < 4.78 is 5.32. The number of benzene rings is 2. The molecular formula is C28H29N3O3S. The fraction of sp³-hybridized carbons (Fsp3) is 0.357. The van der Waals surface area contributed by atoms with Crippen molar-refractivity contribution in [3.05, 3.63) is 70.6 Å². The minimum atomic E-state index is -0.116.